The zero-order chi connectivity index (χ0) is 12.3. The highest BCUT2D eigenvalue weighted by Gasteiger charge is 2.35. The number of hydrogen-bond donors (Lipinski definition) is 2. The average Bonchev–Trinajstić information content (AvgIpc) is 2.14. The zero-order valence-corrected chi connectivity index (χ0v) is 10.3. The monoisotopic (exact) mass is 230 g/mol. The molecule has 16 heavy (non-hydrogen) atoms. The number of rotatable bonds is 3. The third kappa shape index (κ3) is 3.73. The van der Waals surface area contributed by atoms with Crippen molar-refractivity contribution >= 4 is 5.91 Å². The number of morpholine rings is 1. The SMILES string of the molecule is CC(N)CC(=O)N1CC(CO)OC(C)(C)C1. The van der Waals surface area contributed by atoms with Crippen LogP contribution in [-0.2, 0) is 9.53 Å². The first-order valence-corrected chi connectivity index (χ1v) is 5.66. The first-order valence-electron chi connectivity index (χ1n) is 5.66. The van der Waals surface area contributed by atoms with E-state index in [2.05, 4.69) is 0 Å². The molecule has 0 aromatic carbocycles. The summed E-state index contributed by atoms with van der Waals surface area (Å²) < 4.78 is 5.63. The van der Waals surface area contributed by atoms with Crippen molar-refractivity contribution in [2.45, 2.75) is 44.9 Å². The Morgan fingerprint density at radius 3 is 2.81 bits per heavy atom. The number of nitrogens with zero attached hydrogens (tertiary/aromatic N) is 1. The van der Waals surface area contributed by atoms with E-state index in [4.69, 9.17) is 15.6 Å². The van der Waals surface area contributed by atoms with Gasteiger partial charge in [-0.15, -0.1) is 0 Å². The van der Waals surface area contributed by atoms with E-state index < -0.39 is 5.60 Å². The highest BCUT2D eigenvalue weighted by atomic mass is 16.5. The molecule has 0 aliphatic carbocycles. The van der Waals surface area contributed by atoms with Gasteiger partial charge in [0.25, 0.3) is 0 Å². The Bertz CT molecular complexity index is 254. The Hall–Kier alpha value is -0.650. The fourth-order valence-electron chi connectivity index (χ4n) is 1.99. The van der Waals surface area contributed by atoms with Crippen LogP contribution in [0.1, 0.15) is 27.2 Å². The lowest BCUT2D eigenvalue weighted by atomic mass is 10.0. The lowest BCUT2D eigenvalue weighted by Crippen LogP contribution is -2.56. The van der Waals surface area contributed by atoms with Gasteiger partial charge in [0.2, 0.25) is 5.91 Å². The lowest BCUT2D eigenvalue weighted by Gasteiger charge is -2.42. The highest BCUT2D eigenvalue weighted by molar-refractivity contribution is 5.77. The van der Waals surface area contributed by atoms with Crippen molar-refractivity contribution in [3.63, 3.8) is 0 Å². The van der Waals surface area contributed by atoms with Gasteiger partial charge in [0, 0.05) is 25.6 Å². The average molecular weight is 230 g/mol. The van der Waals surface area contributed by atoms with Crippen LogP contribution < -0.4 is 5.73 Å². The number of ether oxygens (including phenoxy) is 1. The fraction of sp³-hybridized carbons (Fsp3) is 0.909. The quantitative estimate of drug-likeness (QED) is 0.699. The number of carbonyl (C=O) groups excluding carboxylic acids is 1. The van der Waals surface area contributed by atoms with Gasteiger partial charge in [-0.05, 0) is 20.8 Å². The Kier molecular flexibility index (Phi) is 4.29. The summed E-state index contributed by atoms with van der Waals surface area (Å²) in [5, 5.41) is 9.12. The predicted molar refractivity (Wildman–Crippen MR) is 60.9 cm³/mol. The number of aliphatic hydroxyl groups excluding tert-OH is 1. The molecule has 5 nitrogen and oxygen atoms in total. The first kappa shape index (κ1) is 13.4. The van der Waals surface area contributed by atoms with Crippen LogP contribution in [-0.4, -0.2) is 53.4 Å². The van der Waals surface area contributed by atoms with E-state index in [1.807, 2.05) is 20.8 Å². The van der Waals surface area contributed by atoms with Crippen molar-refractivity contribution in [1.29, 1.82) is 0 Å². The lowest BCUT2D eigenvalue weighted by molar-refractivity contribution is -0.167. The molecule has 1 fully saturated rings. The number of nitrogens with two attached hydrogens (primary N) is 1. The summed E-state index contributed by atoms with van der Waals surface area (Å²) in [6.45, 7) is 6.58. The molecule has 1 aliphatic heterocycles. The zero-order valence-electron chi connectivity index (χ0n) is 10.3. The van der Waals surface area contributed by atoms with Crippen LogP contribution in [0.25, 0.3) is 0 Å². The molecular weight excluding hydrogens is 208 g/mol. The molecule has 0 aromatic rings. The summed E-state index contributed by atoms with van der Waals surface area (Å²) in [4.78, 5) is 13.6. The molecule has 2 atom stereocenters. The number of hydrogen-bond acceptors (Lipinski definition) is 4. The normalized spacial score (nSPS) is 26.6. The molecule has 1 amide bonds. The second-order valence-corrected chi connectivity index (χ2v) is 5.14. The Morgan fingerprint density at radius 2 is 2.31 bits per heavy atom. The number of amides is 1. The molecule has 1 rings (SSSR count). The molecule has 0 bridgehead atoms. The van der Waals surface area contributed by atoms with E-state index in [0.29, 0.717) is 19.5 Å². The van der Waals surface area contributed by atoms with Crippen molar-refractivity contribution in [2.24, 2.45) is 5.73 Å². The Labute approximate surface area is 96.6 Å². The van der Waals surface area contributed by atoms with Crippen LogP contribution in [0.5, 0.6) is 0 Å². The minimum atomic E-state index is -0.404. The van der Waals surface area contributed by atoms with Gasteiger partial charge in [-0.1, -0.05) is 0 Å². The van der Waals surface area contributed by atoms with E-state index in [0.717, 1.165) is 0 Å². The topological polar surface area (TPSA) is 75.8 Å². The maximum atomic E-state index is 11.9. The molecule has 5 heteroatoms. The molecular formula is C11H22N2O3. The van der Waals surface area contributed by atoms with E-state index in [1.165, 1.54) is 0 Å². The number of carbonyl (C=O) groups is 1. The Balaban J connectivity index is 2.62. The summed E-state index contributed by atoms with van der Waals surface area (Å²) in [6, 6.07) is -0.133. The summed E-state index contributed by atoms with van der Waals surface area (Å²) in [5.74, 6) is 0.0322. The summed E-state index contributed by atoms with van der Waals surface area (Å²) in [6.07, 6.45) is 0.0506. The molecule has 0 aromatic heterocycles. The van der Waals surface area contributed by atoms with Crippen molar-refractivity contribution in [1.82, 2.24) is 4.90 Å². The molecule has 3 N–H and O–H groups in total. The molecule has 0 spiro atoms. The molecule has 1 saturated heterocycles. The molecule has 94 valence electrons. The van der Waals surface area contributed by atoms with Crippen LogP contribution in [0, 0.1) is 0 Å². The van der Waals surface area contributed by atoms with Gasteiger partial charge < -0.3 is 20.5 Å². The van der Waals surface area contributed by atoms with E-state index >= 15 is 0 Å². The smallest absolute Gasteiger partial charge is 0.224 e. The molecule has 0 radical (unpaired) electrons. The highest BCUT2D eigenvalue weighted by Crippen LogP contribution is 2.21. The van der Waals surface area contributed by atoms with Crippen LogP contribution in [0.2, 0.25) is 0 Å². The third-order valence-corrected chi connectivity index (χ3v) is 2.53. The van der Waals surface area contributed by atoms with Gasteiger partial charge in [-0.3, -0.25) is 4.79 Å². The molecule has 0 saturated carbocycles. The summed E-state index contributed by atoms with van der Waals surface area (Å²) >= 11 is 0. The van der Waals surface area contributed by atoms with Crippen LogP contribution in [0.3, 0.4) is 0 Å². The van der Waals surface area contributed by atoms with Gasteiger partial charge in [0.05, 0.1) is 18.3 Å². The maximum absolute atomic E-state index is 11.9. The summed E-state index contributed by atoms with van der Waals surface area (Å²) in [5.41, 5.74) is 5.20. The van der Waals surface area contributed by atoms with E-state index in [9.17, 15) is 4.79 Å². The van der Waals surface area contributed by atoms with Crippen molar-refractivity contribution in [2.75, 3.05) is 19.7 Å². The van der Waals surface area contributed by atoms with Crippen LogP contribution >= 0.6 is 0 Å². The van der Waals surface area contributed by atoms with Crippen molar-refractivity contribution in [3.05, 3.63) is 0 Å². The minimum Gasteiger partial charge on any atom is -0.394 e. The third-order valence-electron chi connectivity index (χ3n) is 2.53. The van der Waals surface area contributed by atoms with E-state index in [-0.39, 0.29) is 24.7 Å². The maximum Gasteiger partial charge on any atom is 0.224 e. The van der Waals surface area contributed by atoms with Gasteiger partial charge in [-0.25, -0.2) is 0 Å². The van der Waals surface area contributed by atoms with Gasteiger partial charge >= 0.3 is 0 Å². The van der Waals surface area contributed by atoms with Gasteiger partial charge in [-0.2, -0.15) is 0 Å². The molecule has 1 aliphatic rings. The fourth-order valence-corrected chi connectivity index (χ4v) is 1.99. The van der Waals surface area contributed by atoms with Crippen LogP contribution in [0.15, 0.2) is 0 Å². The van der Waals surface area contributed by atoms with Crippen molar-refractivity contribution < 1.29 is 14.6 Å². The second kappa shape index (κ2) is 5.12. The van der Waals surface area contributed by atoms with Gasteiger partial charge in [0.1, 0.15) is 0 Å². The Morgan fingerprint density at radius 1 is 1.69 bits per heavy atom. The summed E-state index contributed by atoms with van der Waals surface area (Å²) in [7, 11) is 0. The van der Waals surface area contributed by atoms with Crippen molar-refractivity contribution in [3.8, 4) is 0 Å². The minimum absolute atomic E-state index is 0.0322. The second-order valence-electron chi connectivity index (χ2n) is 5.14. The largest absolute Gasteiger partial charge is 0.394 e. The van der Waals surface area contributed by atoms with Crippen LogP contribution in [0.4, 0.5) is 0 Å². The molecule has 1 heterocycles. The van der Waals surface area contributed by atoms with E-state index in [1.54, 1.807) is 4.90 Å². The predicted octanol–water partition coefficient (Wildman–Crippen LogP) is -0.278. The standard InChI is InChI=1S/C11H22N2O3/c1-8(12)4-10(15)13-5-9(6-14)16-11(2,3)7-13/h8-9,14H,4-7,12H2,1-3H3. The van der Waals surface area contributed by atoms with Gasteiger partial charge in [0.15, 0.2) is 0 Å². The molecule has 2 unspecified atom stereocenters. The first-order chi connectivity index (χ1) is 7.34. The number of aliphatic hydroxyl groups is 1.